The molecule has 3 nitrogen and oxygen atoms in total. The van der Waals surface area contributed by atoms with Gasteiger partial charge in [0.25, 0.3) is 0 Å². The van der Waals surface area contributed by atoms with E-state index < -0.39 is 0 Å². The number of aldehydes is 1. The van der Waals surface area contributed by atoms with Crippen LogP contribution in [0.4, 0.5) is 0 Å². The Balaban J connectivity index is 2.81. The molecule has 0 aliphatic rings. The number of rotatable bonds is 2. The zero-order chi connectivity index (χ0) is 4.99. The summed E-state index contributed by atoms with van der Waals surface area (Å²) in [6, 6.07) is 0. The highest BCUT2D eigenvalue weighted by Gasteiger charge is 1.71. The van der Waals surface area contributed by atoms with E-state index in [1.54, 1.807) is 0 Å². The van der Waals surface area contributed by atoms with Crippen LogP contribution in [0.2, 0.25) is 0 Å². The van der Waals surface area contributed by atoms with E-state index in [4.69, 9.17) is 0 Å². The quantitative estimate of drug-likeness (QED) is 0.341. The Morgan fingerprint density at radius 3 is 2.50 bits per heavy atom. The summed E-state index contributed by atoms with van der Waals surface area (Å²) in [7, 11) is 1.30. The highest BCUT2D eigenvalue weighted by atomic mass is 16.5. The zero-order valence-corrected chi connectivity index (χ0v) is 3.55. The average molecular weight is 88.1 g/mol. The average Bonchev–Trinajstić information content (AvgIpc) is 1.35. The highest BCUT2D eigenvalue weighted by molar-refractivity contribution is 5.51. The van der Waals surface area contributed by atoms with Crippen LogP contribution in [0.3, 0.4) is 0 Å². The normalized spacial score (nSPS) is 9.17. The first-order valence-electron chi connectivity index (χ1n) is 1.59. The van der Waals surface area contributed by atoms with Crippen LogP contribution in [0.5, 0.6) is 0 Å². The minimum Gasteiger partial charge on any atom is -0.785 e. The van der Waals surface area contributed by atoms with Gasteiger partial charge < -0.3 is 15.1 Å². The third kappa shape index (κ3) is 3.59. The van der Waals surface area contributed by atoms with Crippen molar-refractivity contribution >= 4 is 6.29 Å². The van der Waals surface area contributed by atoms with Crippen molar-refractivity contribution in [3.05, 3.63) is 5.21 Å². The smallest absolute Gasteiger partial charge is 0.133 e. The van der Waals surface area contributed by atoms with Crippen molar-refractivity contribution < 1.29 is 4.79 Å². The van der Waals surface area contributed by atoms with Gasteiger partial charge in [0.15, 0.2) is 0 Å². The summed E-state index contributed by atoms with van der Waals surface area (Å²) in [6.45, 7) is -0.0278. The zero-order valence-electron chi connectivity index (χ0n) is 3.55. The summed E-state index contributed by atoms with van der Waals surface area (Å²) in [5, 5.41) is 10.3. The van der Waals surface area contributed by atoms with Gasteiger partial charge in [-0.15, -0.1) is 0 Å². The molecule has 0 radical (unpaired) electrons. The van der Waals surface area contributed by atoms with Crippen molar-refractivity contribution in [3.63, 3.8) is 0 Å². The maximum absolute atomic E-state index is 9.73. The van der Waals surface area contributed by atoms with Gasteiger partial charge in [0.2, 0.25) is 0 Å². The van der Waals surface area contributed by atoms with Crippen LogP contribution in [-0.2, 0) is 4.79 Å². The molecule has 0 heterocycles. The molecular formula is C3H6NO2-. The Bertz CT molecular complexity index is 44.1. The maximum Gasteiger partial charge on any atom is 0.133 e. The number of likely N-dealkylation sites (N-methyl/N-ethyl adjacent to an activating group) is 1. The molecule has 0 aromatic rings. The lowest BCUT2D eigenvalue weighted by Gasteiger charge is -2.16. The fraction of sp³-hybridized carbons (Fsp3) is 0.667. The van der Waals surface area contributed by atoms with Gasteiger partial charge in [0.05, 0.1) is 0 Å². The van der Waals surface area contributed by atoms with Gasteiger partial charge in [-0.3, -0.25) is 0 Å². The number of carbonyl (C=O) groups excluding carboxylic acids is 1. The summed E-state index contributed by atoms with van der Waals surface area (Å²) >= 11 is 0. The third-order valence-electron chi connectivity index (χ3n) is 0.332. The van der Waals surface area contributed by atoms with Crippen molar-refractivity contribution in [2.45, 2.75) is 0 Å². The molecule has 0 aromatic heterocycles. The molecule has 0 saturated carbocycles. The van der Waals surface area contributed by atoms with Crippen molar-refractivity contribution in [3.8, 4) is 0 Å². The molecule has 0 fully saturated rings. The maximum atomic E-state index is 9.73. The van der Waals surface area contributed by atoms with Gasteiger partial charge in [0.1, 0.15) is 6.29 Å². The van der Waals surface area contributed by atoms with Crippen molar-refractivity contribution in [2.75, 3.05) is 13.6 Å². The number of hydrogen-bond donors (Lipinski definition) is 0. The Hall–Kier alpha value is -0.410. The highest BCUT2D eigenvalue weighted by Crippen LogP contribution is 1.65. The minimum atomic E-state index is -0.0278. The summed E-state index contributed by atoms with van der Waals surface area (Å²) in [5.41, 5.74) is 0. The molecule has 0 spiro atoms. The topological polar surface area (TPSA) is 43.4 Å². The van der Waals surface area contributed by atoms with E-state index in [9.17, 15) is 10.0 Å². The van der Waals surface area contributed by atoms with E-state index in [0.29, 0.717) is 11.3 Å². The van der Waals surface area contributed by atoms with Gasteiger partial charge in [-0.2, -0.15) is 0 Å². The molecule has 0 atom stereocenters. The summed E-state index contributed by atoms with van der Waals surface area (Å²) in [6.07, 6.45) is 0.562. The number of carbonyl (C=O) groups is 1. The second kappa shape index (κ2) is 2.81. The third-order valence-corrected chi connectivity index (χ3v) is 0.332. The molecule has 0 bridgehead atoms. The molecule has 0 unspecified atom stereocenters. The van der Waals surface area contributed by atoms with E-state index in [1.807, 2.05) is 0 Å². The molecule has 0 N–H and O–H groups in total. The van der Waals surface area contributed by atoms with E-state index in [2.05, 4.69) is 0 Å². The lowest BCUT2D eigenvalue weighted by molar-refractivity contribution is -0.108. The van der Waals surface area contributed by atoms with E-state index in [0.717, 1.165) is 0 Å². The molecule has 0 amide bonds. The van der Waals surface area contributed by atoms with Gasteiger partial charge in [-0.25, -0.2) is 0 Å². The standard InChI is InChI=1S/C3H6NO2/c1-4(6)2-3-5/h3H,2H2,1H3/q-1. The summed E-state index contributed by atoms with van der Waals surface area (Å²) < 4.78 is 0. The van der Waals surface area contributed by atoms with E-state index in [-0.39, 0.29) is 6.54 Å². The van der Waals surface area contributed by atoms with E-state index >= 15 is 0 Å². The van der Waals surface area contributed by atoms with Gasteiger partial charge >= 0.3 is 0 Å². The fourth-order valence-electron chi connectivity index (χ4n) is 0.105. The largest absolute Gasteiger partial charge is 0.785 e. The van der Waals surface area contributed by atoms with Crippen LogP contribution >= 0.6 is 0 Å². The Morgan fingerprint density at radius 2 is 2.50 bits per heavy atom. The molecule has 0 rings (SSSR count). The number of hydrogen-bond acceptors (Lipinski definition) is 3. The second-order valence-corrected chi connectivity index (χ2v) is 0.977. The summed E-state index contributed by atoms with van der Waals surface area (Å²) in [4.78, 5) is 9.37. The first-order valence-corrected chi connectivity index (χ1v) is 1.59. The van der Waals surface area contributed by atoms with Gasteiger partial charge in [-0.05, 0) is 7.05 Å². The van der Waals surface area contributed by atoms with Crippen LogP contribution in [0, 0.1) is 5.21 Å². The molecule has 36 valence electrons. The molecule has 0 aliphatic carbocycles. The minimum absolute atomic E-state index is 0.0278. The molecule has 6 heavy (non-hydrogen) atoms. The fourth-order valence-corrected chi connectivity index (χ4v) is 0.105. The SMILES string of the molecule is CN([O-])CC=O. The molecule has 0 saturated heterocycles. The van der Waals surface area contributed by atoms with Crippen molar-refractivity contribution in [2.24, 2.45) is 0 Å². The van der Waals surface area contributed by atoms with Crippen LogP contribution < -0.4 is 0 Å². The first-order chi connectivity index (χ1) is 2.77. The Labute approximate surface area is 36.1 Å². The Morgan fingerprint density at radius 1 is 2.00 bits per heavy atom. The summed E-state index contributed by atoms with van der Waals surface area (Å²) in [5.74, 6) is 0. The predicted molar refractivity (Wildman–Crippen MR) is 22.1 cm³/mol. The van der Waals surface area contributed by atoms with E-state index in [1.165, 1.54) is 7.05 Å². The second-order valence-electron chi connectivity index (χ2n) is 0.977. The monoisotopic (exact) mass is 88.0 g/mol. The van der Waals surface area contributed by atoms with Gasteiger partial charge in [-0.1, -0.05) is 0 Å². The first kappa shape index (κ1) is 5.59. The van der Waals surface area contributed by atoms with Gasteiger partial charge in [0, 0.05) is 6.54 Å². The lowest BCUT2D eigenvalue weighted by Crippen LogP contribution is -2.10. The molecule has 3 heteroatoms. The lowest BCUT2D eigenvalue weighted by atomic mass is 10.7. The van der Waals surface area contributed by atoms with Crippen LogP contribution in [0.15, 0.2) is 0 Å². The molecule has 0 aliphatic heterocycles. The van der Waals surface area contributed by atoms with Crippen LogP contribution in [0.25, 0.3) is 0 Å². The number of hydroxylamine groups is 2. The molecular weight excluding hydrogens is 82.0 g/mol. The van der Waals surface area contributed by atoms with Crippen molar-refractivity contribution in [1.82, 2.24) is 5.06 Å². The number of nitrogens with zero attached hydrogens (tertiary/aromatic N) is 1. The van der Waals surface area contributed by atoms with Crippen LogP contribution in [-0.4, -0.2) is 24.9 Å². The van der Waals surface area contributed by atoms with Crippen LogP contribution in [0.1, 0.15) is 0 Å². The predicted octanol–water partition coefficient (Wildman–Crippen LogP) is -0.385. The molecule has 0 aromatic carbocycles. The van der Waals surface area contributed by atoms with Crippen molar-refractivity contribution in [1.29, 1.82) is 0 Å². The Kier molecular flexibility index (Phi) is 2.62.